The monoisotopic (exact) mass is 343 g/mol. The first-order valence-electron chi connectivity index (χ1n) is 6.39. The molecule has 0 radical (unpaired) electrons. The molecule has 0 spiro atoms. The number of hydrogen-bond donors (Lipinski definition) is 1. The van der Waals surface area contributed by atoms with E-state index in [1.807, 2.05) is 0 Å². The highest BCUT2D eigenvalue weighted by molar-refractivity contribution is 6.33. The third-order valence-electron chi connectivity index (χ3n) is 2.70. The first-order valence-corrected chi connectivity index (χ1v) is 7.14. The van der Waals surface area contributed by atoms with E-state index in [1.54, 1.807) is 32.4 Å². The van der Waals surface area contributed by atoms with Gasteiger partial charge in [-0.1, -0.05) is 11.6 Å². The molecule has 0 saturated carbocycles. The van der Waals surface area contributed by atoms with E-state index in [2.05, 4.69) is 15.3 Å². The lowest BCUT2D eigenvalue weighted by Crippen LogP contribution is -2.05. The molecule has 0 unspecified atom stereocenters. The van der Waals surface area contributed by atoms with Crippen LogP contribution in [0.3, 0.4) is 0 Å². The van der Waals surface area contributed by atoms with Crippen LogP contribution in [0.15, 0.2) is 24.4 Å². The molecule has 1 aromatic heterocycles. The predicted molar refractivity (Wildman–Crippen MR) is 85.7 cm³/mol. The van der Waals surface area contributed by atoms with E-state index in [-0.39, 0.29) is 5.28 Å². The Morgan fingerprint density at radius 3 is 2.73 bits per heavy atom. The smallest absolute Gasteiger partial charge is 0.224 e. The number of halogens is 2. The molecule has 0 aliphatic heterocycles. The maximum atomic E-state index is 6.03. The lowest BCUT2D eigenvalue weighted by molar-refractivity contribution is 0.146. The van der Waals surface area contributed by atoms with Gasteiger partial charge in [-0.15, -0.1) is 0 Å². The molecule has 0 bridgehead atoms. The summed E-state index contributed by atoms with van der Waals surface area (Å²) in [4.78, 5) is 7.83. The number of nitrogens with one attached hydrogen (secondary N) is 1. The van der Waals surface area contributed by atoms with Gasteiger partial charge in [0.2, 0.25) is 5.28 Å². The minimum absolute atomic E-state index is 0.102. The normalized spacial score (nSPS) is 10.4. The van der Waals surface area contributed by atoms with E-state index in [0.717, 1.165) is 0 Å². The summed E-state index contributed by atoms with van der Waals surface area (Å²) in [5, 5.41) is 3.51. The highest BCUT2D eigenvalue weighted by Crippen LogP contribution is 2.33. The molecular weight excluding hydrogens is 329 g/mol. The molecule has 0 aliphatic carbocycles. The lowest BCUT2D eigenvalue weighted by Gasteiger charge is -2.13. The van der Waals surface area contributed by atoms with Crippen LogP contribution in [0, 0.1) is 0 Å². The zero-order chi connectivity index (χ0) is 15.9. The quantitative estimate of drug-likeness (QED) is 0.612. The van der Waals surface area contributed by atoms with Crippen LogP contribution in [-0.2, 0) is 4.74 Å². The van der Waals surface area contributed by atoms with Crippen LogP contribution in [0.4, 0.5) is 11.5 Å². The van der Waals surface area contributed by atoms with E-state index in [1.165, 1.54) is 6.20 Å². The Bertz CT molecular complexity index is 641. The number of hydrogen-bond acceptors (Lipinski definition) is 6. The molecule has 22 heavy (non-hydrogen) atoms. The maximum Gasteiger partial charge on any atom is 0.224 e. The van der Waals surface area contributed by atoms with Crippen molar-refractivity contribution in [3.05, 3.63) is 34.7 Å². The number of methoxy groups -OCH3 is 2. The van der Waals surface area contributed by atoms with Crippen molar-refractivity contribution < 1.29 is 14.2 Å². The lowest BCUT2D eigenvalue weighted by atomic mass is 10.2. The maximum absolute atomic E-state index is 6.03. The van der Waals surface area contributed by atoms with Gasteiger partial charge < -0.3 is 19.5 Å². The summed E-state index contributed by atoms with van der Waals surface area (Å²) < 4.78 is 15.8. The second-order valence-corrected chi connectivity index (χ2v) is 4.91. The first kappa shape index (κ1) is 16.6. The fourth-order valence-corrected chi connectivity index (χ4v) is 1.94. The Hall–Kier alpha value is -1.76. The van der Waals surface area contributed by atoms with Crippen molar-refractivity contribution in [1.29, 1.82) is 0 Å². The molecule has 118 valence electrons. The van der Waals surface area contributed by atoms with E-state index in [4.69, 9.17) is 37.4 Å². The molecule has 6 nitrogen and oxygen atoms in total. The van der Waals surface area contributed by atoms with Crippen LogP contribution >= 0.6 is 23.2 Å². The second-order valence-electron chi connectivity index (χ2n) is 4.16. The summed E-state index contributed by atoms with van der Waals surface area (Å²) >= 11 is 11.8. The van der Waals surface area contributed by atoms with Crippen LogP contribution in [0.1, 0.15) is 0 Å². The average Bonchev–Trinajstić information content (AvgIpc) is 2.52. The Labute approximate surface area is 138 Å². The summed E-state index contributed by atoms with van der Waals surface area (Å²) in [5.41, 5.74) is 0.679. The fraction of sp³-hybridized carbons (Fsp3) is 0.286. The van der Waals surface area contributed by atoms with Crippen LogP contribution in [-0.4, -0.2) is 37.4 Å². The van der Waals surface area contributed by atoms with Gasteiger partial charge in [0.15, 0.2) is 5.82 Å². The standard InChI is InChI=1S/C14H15Cl2N3O3/c1-20-5-6-22-9-3-4-11(12(7-9)21-2)18-13-10(15)8-17-14(16)19-13/h3-4,7-8H,5-6H2,1-2H3,(H,17,18,19). The summed E-state index contributed by atoms with van der Waals surface area (Å²) in [6.45, 7) is 0.969. The molecule has 2 aromatic rings. The molecule has 8 heteroatoms. The Morgan fingerprint density at radius 2 is 2.00 bits per heavy atom. The number of rotatable bonds is 7. The van der Waals surface area contributed by atoms with Gasteiger partial charge in [0.1, 0.15) is 23.1 Å². The minimum atomic E-state index is 0.102. The van der Waals surface area contributed by atoms with Gasteiger partial charge in [-0.3, -0.25) is 0 Å². The summed E-state index contributed by atoms with van der Waals surface area (Å²) in [6.07, 6.45) is 1.42. The van der Waals surface area contributed by atoms with E-state index in [9.17, 15) is 0 Å². The van der Waals surface area contributed by atoms with Gasteiger partial charge in [-0.05, 0) is 23.7 Å². The van der Waals surface area contributed by atoms with Crippen molar-refractivity contribution in [1.82, 2.24) is 9.97 Å². The van der Waals surface area contributed by atoms with Crippen molar-refractivity contribution in [3.8, 4) is 11.5 Å². The summed E-state index contributed by atoms with van der Waals surface area (Å²) in [6, 6.07) is 5.36. The predicted octanol–water partition coefficient (Wildman–Crippen LogP) is 3.56. The van der Waals surface area contributed by atoms with Crippen molar-refractivity contribution in [2.75, 3.05) is 32.8 Å². The molecule has 2 rings (SSSR count). The van der Waals surface area contributed by atoms with E-state index in [0.29, 0.717) is 41.2 Å². The summed E-state index contributed by atoms with van der Waals surface area (Å²) in [7, 11) is 3.18. The Morgan fingerprint density at radius 1 is 1.18 bits per heavy atom. The van der Waals surface area contributed by atoms with E-state index < -0.39 is 0 Å². The van der Waals surface area contributed by atoms with Gasteiger partial charge in [0.25, 0.3) is 0 Å². The molecular formula is C14H15Cl2N3O3. The van der Waals surface area contributed by atoms with Crippen LogP contribution in [0.2, 0.25) is 10.3 Å². The number of ether oxygens (including phenoxy) is 3. The first-order chi connectivity index (χ1) is 10.6. The van der Waals surface area contributed by atoms with Gasteiger partial charge in [-0.25, -0.2) is 4.98 Å². The third-order valence-corrected chi connectivity index (χ3v) is 3.16. The highest BCUT2D eigenvalue weighted by atomic mass is 35.5. The summed E-state index contributed by atoms with van der Waals surface area (Å²) in [5.74, 6) is 1.65. The zero-order valence-corrected chi connectivity index (χ0v) is 13.6. The van der Waals surface area contributed by atoms with Gasteiger partial charge in [0, 0.05) is 13.2 Å². The highest BCUT2D eigenvalue weighted by Gasteiger charge is 2.10. The van der Waals surface area contributed by atoms with Gasteiger partial charge >= 0.3 is 0 Å². The molecule has 0 saturated heterocycles. The molecule has 0 amide bonds. The number of nitrogens with zero attached hydrogens (tertiary/aromatic N) is 2. The van der Waals surface area contributed by atoms with Crippen molar-refractivity contribution in [2.24, 2.45) is 0 Å². The largest absolute Gasteiger partial charge is 0.494 e. The van der Waals surface area contributed by atoms with Crippen molar-refractivity contribution >= 4 is 34.7 Å². The molecule has 1 N–H and O–H groups in total. The van der Waals surface area contributed by atoms with Gasteiger partial charge in [-0.2, -0.15) is 4.98 Å². The third kappa shape index (κ3) is 4.37. The van der Waals surface area contributed by atoms with Crippen molar-refractivity contribution in [2.45, 2.75) is 0 Å². The molecule has 0 fully saturated rings. The number of anilines is 2. The van der Waals surface area contributed by atoms with Crippen LogP contribution in [0.25, 0.3) is 0 Å². The molecule has 0 aliphatic rings. The SMILES string of the molecule is COCCOc1ccc(Nc2nc(Cl)ncc2Cl)c(OC)c1. The topological polar surface area (TPSA) is 65.5 Å². The van der Waals surface area contributed by atoms with E-state index >= 15 is 0 Å². The van der Waals surface area contributed by atoms with Gasteiger partial charge in [0.05, 0.1) is 25.6 Å². The Balaban J connectivity index is 2.18. The Kier molecular flexibility index (Phi) is 6.06. The fourth-order valence-electron chi connectivity index (χ4n) is 1.67. The van der Waals surface area contributed by atoms with Crippen molar-refractivity contribution in [3.63, 3.8) is 0 Å². The number of aromatic nitrogens is 2. The molecule has 1 aromatic carbocycles. The average molecular weight is 344 g/mol. The molecule has 0 atom stereocenters. The minimum Gasteiger partial charge on any atom is -0.494 e. The molecule has 1 heterocycles. The number of benzene rings is 1. The zero-order valence-electron chi connectivity index (χ0n) is 12.1. The van der Waals surface area contributed by atoms with Crippen LogP contribution in [0.5, 0.6) is 11.5 Å². The second kappa shape index (κ2) is 8.03. The van der Waals surface area contributed by atoms with Crippen LogP contribution < -0.4 is 14.8 Å².